The van der Waals surface area contributed by atoms with E-state index in [0.717, 1.165) is 31.3 Å². The predicted molar refractivity (Wildman–Crippen MR) is 80.5 cm³/mol. The Hall–Kier alpha value is -2.94. The van der Waals surface area contributed by atoms with Crippen molar-refractivity contribution in [3.63, 3.8) is 0 Å². The molecule has 0 aliphatic heterocycles. The van der Waals surface area contributed by atoms with Gasteiger partial charge in [0.05, 0.1) is 9.82 Å². The van der Waals surface area contributed by atoms with Gasteiger partial charge in [-0.05, 0) is 24.3 Å². The maximum Gasteiger partial charge on any atom is 0.429 e. The zero-order valence-corrected chi connectivity index (χ0v) is 12.8. The summed E-state index contributed by atoms with van der Waals surface area (Å²) < 4.78 is 30.0. The van der Waals surface area contributed by atoms with Crippen LogP contribution in [-0.2, 0) is 10.0 Å². The molecular formula is C14H12N2O6S. The van der Waals surface area contributed by atoms with Crippen LogP contribution in [0.1, 0.15) is 0 Å². The van der Waals surface area contributed by atoms with Crippen molar-refractivity contribution >= 4 is 21.8 Å². The fraction of sp³-hybridized carbons (Fsp3) is 0.0714. The highest BCUT2D eigenvalue weighted by molar-refractivity contribution is 7.89. The minimum atomic E-state index is -4.16. The number of nitro groups is 1. The maximum atomic E-state index is 12.3. The number of sulfonamides is 1. The van der Waals surface area contributed by atoms with E-state index in [9.17, 15) is 23.3 Å². The van der Waals surface area contributed by atoms with E-state index >= 15 is 0 Å². The Kier molecular flexibility index (Phi) is 4.60. The van der Waals surface area contributed by atoms with E-state index < -0.39 is 21.0 Å². The first-order chi connectivity index (χ1) is 10.8. The fourth-order valence-electron chi connectivity index (χ4n) is 1.65. The molecule has 0 aliphatic carbocycles. The van der Waals surface area contributed by atoms with Crippen molar-refractivity contribution in [2.45, 2.75) is 4.90 Å². The Morgan fingerprint density at radius 1 is 1.09 bits per heavy atom. The number of non-ortho nitro benzene ring substituents is 1. The predicted octanol–water partition coefficient (Wildman–Crippen LogP) is 2.41. The van der Waals surface area contributed by atoms with Crippen LogP contribution in [0.4, 0.5) is 10.5 Å². The molecule has 0 aliphatic rings. The first-order valence-corrected chi connectivity index (χ1v) is 7.76. The topological polar surface area (TPSA) is 107 Å². The molecule has 0 fully saturated rings. The number of hydrogen-bond donors (Lipinski definition) is 0. The minimum absolute atomic E-state index is 0.197. The lowest BCUT2D eigenvalue weighted by Gasteiger charge is -2.17. The molecule has 9 heteroatoms. The Balaban J connectivity index is 2.20. The summed E-state index contributed by atoms with van der Waals surface area (Å²) in [5.41, 5.74) is -0.251. The van der Waals surface area contributed by atoms with E-state index in [1.54, 1.807) is 18.2 Å². The highest BCUT2D eigenvalue weighted by Gasteiger charge is 2.27. The lowest BCUT2D eigenvalue weighted by molar-refractivity contribution is -0.384. The molecule has 8 nitrogen and oxygen atoms in total. The molecule has 0 atom stereocenters. The van der Waals surface area contributed by atoms with Crippen LogP contribution in [0.25, 0.3) is 0 Å². The van der Waals surface area contributed by atoms with Crippen molar-refractivity contribution in [2.24, 2.45) is 0 Å². The third-order valence-corrected chi connectivity index (χ3v) is 4.65. The number of nitro benzene ring substituents is 1. The number of rotatable bonds is 4. The largest absolute Gasteiger partial charge is 0.429 e. The zero-order chi connectivity index (χ0) is 17.0. The van der Waals surface area contributed by atoms with Gasteiger partial charge in [0.15, 0.2) is 0 Å². The summed E-state index contributed by atoms with van der Waals surface area (Å²) in [6, 6.07) is 12.2. The number of nitrogens with zero attached hydrogens (tertiary/aromatic N) is 2. The molecule has 0 radical (unpaired) electrons. The number of hydrogen-bond acceptors (Lipinski definition) is 6. The number of carbonyl (C=O) groups excluding carboxylic acids is 1. The van der Waals surface area contributed by atoms with E-state index in [2.05, 4.69) is 0 Å². The third kappa shape index (κ3) is 3.64. The fourth-order valence-corrected chi connectivity index (χ4v) is 2.68. The first kappa shape index (κ1) is 16.4. The molecule has 0 saturated carbocycles. The second-order valence-electron chi connectivity index (χ2n) is 4.40. The molecule has 2 aromatic carbocycles. The standard InChI is InChI=1S/C14H12N2O6S/c1-15(14(17)22-12-5-3-2-4-6-12)23(20,21)13-9-7-11(8-10-13)16(18)19/h2-10H,1H3. The normalized spacial score (nSPS) is 10.8. The van der Waals surface area contributed by atoms with Crippen LogP contribution >= 0.6 is 0 Å². The number of ether oxygens (including phenoxy) is 1. The summed E-state index contributed by atoms with van der Waals surface area (Å²) in [6.07, 6.45) is -1.09. The molecule has 0 saturated heterocycles. The first-order valence-electron chi connectivity index (χ1n) is 6.32. The van der Waals surface area contributed by atoms with Crippen LogP contribution in [0, 0.1) is 10.1 Å². The van der Waals surface area contributed by atoms with Crippen LogP contribution in [0.3, 0.4) is 0 Å². The number of benzene rings is 2. The summed E-state index contributed by atoms with van der Waals surface area (Å²) >= 11 is 0. The summed E-state index contributed by atoms with van der Waals surface area (Å²) in [6.45, 7) is 0. The van der Waals surface area contributed by atoms with Crippen molar-refractivity contribution in [3.05, 3.63) is 64.7 Å². The molecule has 0 heterocycles. The average Bonchev–Trinajstić information content (AvgIpc) is 2.55. The summed E-state index contributed by atoms with van der Waals surface area (Å²) in [5, 5.41) is 10.6. The minimum Gasteiger partial charge on any atom is -0.410 e. The van der Waals surface area contributed by atoms with Crippen LogP contribution in [0.5, 0.6) is 5.75 Å². The van der Waals surface area contributed by atoms with Crippen molar-refractivity contribution in [2.75, 3.05) is 7.05 Å². The Morgan fingerprint density at radius 2 is 1.65 bits per heavy atom. The molecule has 2 rings (SSSR count). The van der Waals surface area contributed by atoms with Crippen LogP contribution in [-0.4, -0.2) is 30.8 Å². The molecule has 0 spiro atoms. The molecule has 1 amide bonds. The van der Waals surface area contributed by atoms with Gasteiger partial charge in [-0.25, -0.2) is 17.5 Å². The quantitative estimate of drug-likeness (QED) is 0.627. The summed E-state index contributed by atoms with van der Waals surface area (Å²) in [5.74, 6) is 0.197. The van der Waals surface area contributed by atoms with Gasteiger partial charge in [-0.3, -0.25) is 10.1 Å². The van der Waals surface area contributed by atoms with Gasteiger partial charge in [-0.2, -0.15) is 0 Å². The second kappa shape index (κ2) is 6.44. The van der Waals surface area contributed by atoms with Crippen LogP contribution in [0.15, 0.2) is 59.5 Å². The molecule has 0 aromatic heterocycles. The molecule has 2 aromatic rings. The summed E-state index contributed by atoms with van der Waals surface area (Å²) in [7, 11) is -3.12. The lowest BCUT2D eigenvalue weighted by Crippen LogP contribution is -2.35. The van der Waals surface area contributed by atoms with Crippen molar-refractivity contribution in [3.8, 4) is 5.75 Å². The maximum absolute atomic E-state index is 12.3. The Bertz CT molecular complexity index is 818. The number of para-hydroxylation sites is 1. The smallest absolute Gasteiger partial charge is 0.410 e. The van der Waals surface area contributed by atoms with Gasteiger partial charge in [0.1, 0.15) is 5.75 Å². The second-order valence-corrected chi connectivity index (χ2v) is 6.37. The number of amides is 1. The molecule has 23 heavy (non-hydrogen) atoms. The third-order valence-electron chi connectivity index (χ3n) is 2.91. The highest BCUT2D eigenvalue weighted by atomic mass is 32.2. The van der Waals surface area contributed by atoms with Crippen molar-refractivity contribution in [1.29, 1.82) is 0 Å². The van der Waals surface area contributed by atoms with Gasteiger partial charge >= 0.3 is 6.09 Å². The molecule has 120 valence electrons. The van der Waals surface area contributed by atoms with Gasteiger partial charge in [-0.15, -0.1) is 0 Å². The van der Waals surface area contributed by atoms with E-state index in [1.165, 1.54) is 12.1 Å². The number of carbonyl (C=O) groups is 1. The van der Waals surface area contributed by atoms with Crippen LogP contribution < -0.4 is 4.74 Å². The Morgan fingerprint density at radius 3 is 2.17 bits per heavy atom. The van der Waals surface area contributed by atoms with Gasteiger partial charge in [0, 0.05) is 19.2 Å². The summed E-state index contributed by atoms with van der Waals surface area (Å²) in [4.78, 5) is 21.6. The monoisotopic (exact) mass is 336 g/mol. The van der Waals surface area contributed by atoms with E-state index in [0.29, 0.717) is 4.31 Å². The van der Waals surface area contributed by atoms with Gasteiger partial charge in [0.2, 0.25) is 0 Å². The van der Waals surface area contributed by atoms with Crippen LogP contribution in [0.2, 0.25) is 0 Å². The van der Waals surface area contributed by atoms with E-state index in [-0.39, 0.29) is 16.3 Å². The van der Waals surface area contributed by atoms with E-state index in [1.807, 2.05) is 0 Å². The van der Waals surface area contributed by atoms with Crippen molar-refractivity contribution < 1.29 is 22.9 Å². The average molecular weight is 336 g/mol. The lowest BCUT2D eigenvalue weighted by atomic mass is 10.3. The molecule has 0 N–H and O–H groups in total. The van der Waals surface area contributed by atoms with Gasteiger partial charge in [-0.1, -0.05) is 18.2 Å². The highest BCUT2D eigenvalue weighted by Crippen LogP contribution is 2.20. The molecular weight excluding hydrogens is 324 g/mol. The van der Waals surface area contributed by atoms with Crippen molar-refractivity contribution in [1.82, 2.24) is 4.31 Å². The zero-order valence-electron chi connectivity index (χ0n) is 11.9. The Labute approximate surface area is 132 Å². The molecule has 0 bridgehead atoms. The van der Waals surface area contributed by atoms with Gasteiger partial charge < -0.3 is 4.74 Å². The molecule has 0 unspecified atom stereocenters. The SMILES string of the molecule is CN(C(=O)Oc1ccccc1)S(=O)(=O)c1ccc([N+](=O)[O-])cc1. The van der Waals surface area contributed by atoms with E-state index in [4.69, 9.17) is 4.74 Å². The van der Waals surface area contributed by atoms with Gasteiger partial charge in [0.25, 0.3) is 15.7 Å².